The van der Waals surface area contributed by atoms with Crippen LogP contribution in [0.15, 0.2) is 30.5 Å². The molecular formula is C14H18N2. The summed E-state index contributed by atoms with van der Waals surface area (Å²) in [5.41, 5.74) is 5.16. The van der Waals surface area contributed by atoms with Gasteiger partial charge in [0.1, 0.15) is 0 Å². The average molecular weight is 214 g/mol. The Morgan fingerprint density at radius 1 is 1.19 bits per heavy atom. The summed E-state index contributed by atoms with van der Waals surface area (Å²) in [6, 6.07) is 8.71. The highest BCUT2D eigenvalue weighted by molar-refractivity contribution is 5.65. The topological polar surface area (TPSA) is 17.8 Å². The van der Waals surface area contributed by atoms with Gasteiger partial charge in [-0.15, -0.1) is 0 Å². The lowest BCUT2D eigenvalue weighted by molar-refractivity contribution is 0.772. The first kappa shape index (κ1) is 10.9. The van der Waals surface area contributed by atoms with E-state index in [9.17, 15) is 0 Å². The molecule has 2 nitrogen and oxygen atoms in total. The molecule has 1 aromatic heterocycles. The van der Waals surface area contributed by atoms with E-state index in [2.05, 4.69) is 50.1 Å². The second-order valence-corrected chi connectivity index (χ2v) is 4.59. The molecule has 1 heterocycles. The van der Waals surface area contributed by atoms with Crippen LogP contribution in [0.3, 0.4) is 0 Å². The first-order valence-corrected chi connectivity index (χ1v) is 5.68. The van der Waals surface area contributed by atoms with Gasteiger partial charge in [0.05, 0.1) is 5.69 Å². The molecule has 16 heavy (non-hydrogen) atoms. The molecule has 0 unspecified atom stereocenters. The van der Waals surface area contributed by atoms with Crippen molar-refractivity contribution >= 4 is 0 Å². The molecule has 2 heteroatoms. The lowest BCUT2D eigenvalue weighted by Crippen LogP contribution is -1.98. The zero-order valence-electron chi connectivity index (χ0n) is 10.4. The molecule has 0 aliphatic rings. The van der Waals surface area contributed by atoms with E-state index in [-0.39, 0.29) is 0 Å². The van der Waals surface area contributed by atoms with E-state index in [4.69, 9.17) is 0 Å². The Morgan fingerprint density at radius 2 is 1.94 bits per heavy atom. The van der Waals surface area contributed by atoms with E-state index in [0.717, 1.165) is 0 Å². The first-order valence-electron chi connectivity index (χ1n) is 5.68. The third kappa shape index (κ3) is 1.87. The van der Waals surface area contributed by atoms with Crippen LogP contribution < -0.4 is 0 Å². The van der Waals surface area contributed by atoms with Gasteiger partial charge in [-0.05, 0) is 30.5 Å². The minimum absolute atomic E-state index is 0.533. The molecule has 2 rings (SSSR count). The molecule has 0 saturated heterocycles. The molecule has 0 aliphatic heterocycles. The largest absolute Gasteiger partial charge is 0.268 e. The molecule has 2 aromatic rings. The molecule has 0 bridgehead atoms. The lowest BCUT2D eigenvalue weighted by Gasteiger charge is -2.13. The van der Waals surface area contributed by atoms with Crippen LogP contribution in [0, 0.1) is 6.92 Å². The van der Waals surface area contributed by atoms with Crippen LogP contribution in [0.25, 0.3) is 11.3 Å². The zero-order valence-corrected chi connectivity index (χ0v) is 10.4. The highest BCUT2D eigenvalue weighted by atomic mass is 15.3. The molecule has 0 spiro atoms. The maximum Gasteiger partial charge on any atom is 0.0681 e. The summed E-state index contributed by atoms with van der Waals surface area (Å²) >= 11 is 0. The first-order chi connectivity index (χ1) is 7.59. The van der Waals surface area contributed by atoms with Gasteiger partial charge in [-0.25, -0.2) is 0 Å². The summed E-state index contributed by atoms with van der Waals surface area (Å²) in [6.07, 6.45) is 1.85. The summed E-state index contributed by atoms with van der Waals surface area (Å²) in [5.74, 6) is 0.533. The molecule has 1 aromatic carbocycles. The number of benzene rings is 1. The Balaban J connectivity index is 2.63. The van der Waals surface area contributed by atoms with Gasteiger partial charge in [0.15, 0.2) is 0 Å². The quantitative estimate of drug-likeness (QED) is 0.748. The van der Waals surface area contributed by atoms with E-state index in [1.54, 1.807) is 0 Å². The van der Waals surface area contributed by atoms with Gasteiger partial charge in [-0.2, -0.15) is 5.10 Å². The molecule has 0 N–H and O–H groups in total. The van der Waals surface area contributed by atoms with E-state index in [1.807, 2.05) is 17.9 Å². The number of aryl methyl sites for hydroxylation is 2. The number of rotatable bonds is 2. The highest BCUT2D eigenvalue weighted by Crippen LogP contribution is 2.29. The molecule has 0 fully saturated rings. The van der Waals surface area contributed by atoms with E-state index in [1.165, 1.54) is 22.4 Å². The van der Waals surface area contributed by atoms with Gasteiger partial charge in [0.2, 0.25) is 0 Å². The van der Waals surface area contributed by atoms with Gasteiger partial charge in [-0.3, -0.25) is 4.68 Å². The van der Waals surface area contributed by atoms with Crippen LogP contribution in [-0.4, -0.2) is 9.78 Å². The Hall–Kier alpha value is -1.57. The standard InChI is InChI=1S/C14H18N2/c1-10(2)12-6-5-11(3)9-13(12)14-7-8-15-16(14)4/h5-10H,1-4H3. The van der Waals surface area contributed by atoms with Gasteiger partial charge in [0, 0.05) is 18.8 Å². The summed E-state index contributed by atoms with van der Waals surface area (Å²) in [4.78, 5) is 0. The van der Waals surface area contributed by atoms with Crippen molar-refractivity contribution in [2.75, 3.05) is 0 Å². The van der Waals surface area contributed by atoms with Crippen molar-refractivity contribution in [3.05, 3.63) is 41.6 Å². The van der Waals surface area contributed by atoms with Crippen molar-refractivity contribution in [2.24, 2.45) is 7.05 Å². The zero-order chi connectivity index (χ0) is 11.7. The fourth-order valence-corrected chi connectivity index (χ4v) is 2.03. The summed E-state index contributed by atoms with van der Waals surface area (Å²) in [7, 11) is 1.99. The van der Waals surface area contributed by atoms with Gasteiger partial charge in [0.25, 0.3) is 0 Å². The number of nitrogens with zero attached hydrogens (tertiary/aromatic N) is 2. The van der Waals surface area contributed by atoms with Crippen LogP contribution in [0.1, 0.15) is 30.9 Å². The molecule has 0 saturated carbocycles. The van der Waals surface area contributed by atoms with Gasteiger partial charge >= 0.3 is 0 Å². The Bertz CT molecular complexity index is 495. The molecule has 0 atom stereocenters. The highest BCUT2D eigenvalue weighted by Gasteiger charge is 2.11. The fourth-order valence-electron chi connectivity index (χ4n) is 2.03. The molecule has 84 valence electrons. The van der Waals surface area contributed by atoms with Crippen LogP contribution in [-0.2, 0) is 7.05 Å². The number of aromatic nitrogens is 2. The van der Waals surface area contributed by atoms with Crippen molar-refractivity contribution in [1.29, 1.82) is 0 Å². The summed E-state index contributed by atoms with van der Waals surface area (Å²) in [5, 5.41) is 4.24. The fraction of sp³-hybridized carbons (Fsp3) is 0.357. The molecule has 0 amide bonds. The normalized spacial score (nSPS) is 11.1. The summed E-state index contributed by atoms with van der Waals surface area (Å²) in [6.45, 7) is 6.58. The molecule has 0 radical (unpaired) electrons. The number of hydrogen-bond donors (Lipinski definition) is 0. The van der Waals surface area contributed by atoms with Crippen molar-refractivity contribution in [3.8, 4) is 11.3 Å². The predicted molar refractivity (Wildman–Crippen MR) is 67.5 cm³/mol. The Labute approximate surface area is 96.9 Å². The van der Waals surface area contributed by atoms with E-state index >= 15 is 0 Å². The van der Waals surface area contributed by atoms with Gasteiger partial charge in [-0.1, -0.05) is 31.5 Å². The average Bonchev–Trinajstić information content (AvgIpc) is 2.63. The van der Waals surface area contributed by atoms with Crippen LogP contribution in [0.2, 0.25) is 0 Å². The SMILES string of the molecule is Cc1ccc(C(C)C)c(-c2ccnn2C)c1. The summed E-state index contributed by atoms with van der Waals surface area (Å²) < 4.78 is 1.93. The number of hydrogen-bond acceptors (Lipinski definition) is 1. The van der Waals surface area contributed by atoms with Crippen molar-refractivity contribution in [2.45, 2.75) is 26.7 Å². The van der Waals surface area contributed by atoms with Crippen molar-refractivity contribution in [3.63, 3.8) is 0 Å². The maximum atomic E-state index is 4.24. The molecule has 0 aliphatic carbocycles. The smallest absolute Gasteiger partial charge is 0.0681 e. The Morgan fingerprint density at radius 3 is 2.50 bits per heavy atom. The van der Waals surface area contributed by atoms with Crippen LogP contribution >= 0.6 is 0 Å². The van der Waals surface area contributed by atoms with E-state index < -0.39 is 0 Å². The molecular weight excluding hydrogens is 196 g/mol. The van der Waals surface area contributed by atoms with E-state index in [0.29, 0.717) is 5.92 Å². The minimum Gasteiger partial charge on any atom is -0.268 e. The van der Waals surface area contributed by atoms with Gasteiger partial charge < -0.3 is 0 Å². The maximum absolute atomic E-state index is 4.24. The monoisotopic (exact) mass is 214 g/mol. The third-order valence-corrected chi connectivity index (χ3v) is 2.93. The minimum atomic E-state index is 0.533. The van der Waals surface area contributed by atoms with Crippen LogP contribution in [0.5, 0.6) is 0 Å². The Kier molecular flexibility index (Phi) is 2.82. The second kappa shape index (κ2) is 4.12. The third-order valence-electron chi connectivity index (χ3n) is 2.93. The predicted octanol–water partition coefficient (Wildman–Crippen LogP) is 3.52. The van der Waals surface area contributed by atoms with Crippen molar-refractivity contribution < 1.29 is 0 Å². The lowest BCUT2D eigenvalue weighted by atomic mass is 9.94. The van der Waals surface area contributed by atoms with Crippen molar-refractivity contribution in [1.82, 2.24) is 9.78 Å². The second-order valence-electron chi connectivity index (χ2n) is 4.59. The van der Waals surface area contributed by atoms with Crippen LogP contribution in [0.4, 0.5) is 0 Å².